The van der Waals surface area contributed by atoms with Gasteiger partial charge in [0.1, 0.15) is 23.2 Å². The van der Waals surface area contributed by atoms with Crippen LogP contribution >= 0.6 is 0 Å². The Morgan fingerprint density at radius 1 is 1.11 bits per heavy atom. The first-order valence-electron chi connectivity index (χ1n) is 12.3. The van der Waals surface area contributed by atoms with Gasteiger partial charge in [-0.3, -0.25) is 9.59 Å². The predicted octanol–water partition coefficient (Wildman–Crippen LogP) is 4.59. The number of nitrogens with zero attached hydrogens (tertiary/aromatic N) is 4. The molecule has 8 nitrogen and oxygen atoms in total. The SMILES string of the molecule is COc1ccc(-n2c(C)cc(/C=C(\C#N)C(=O)N3CCC(C(=O)Nc4ccc(C)cn4)CC3)c2C)cc1. The molecule has 0 saturated carbocycles. The maximum Gasteiger partial charge on any atom is 0.264 e. The van der Waals surface area contributed by atoms with Crippen LogP contribution < -0.4 is 10.1 Å². The fourth-order valence-electron chi connectivity index (χ4n) is 4.64. The van der Waals surface area contributed by atoms with Crippen LogP contribution in [-0.4, -0.2) is 46.5 Å². The van der Waals surface area contributed by atoms with E-state index in [4.69, 9.17) is 4.74 Å². The second kappa shape index (κ2) is 11.1. The number of carbonyl (C=O) groups excluding carboxylic acids is 2. The lowest BCUT2D eigenvalue weighted by atomic mass is 9.95. The molecule has 2 amide bonds. The Balaban J connectivity index is 1.43. The minimum atomic E-state index is -0.309. The number of methoxy groups -OCH3 is 1. The second-order valence-corrected chi connectivity index (χ2v) is 9.31. The first-order chi connectivity index (χ1) is 17.8. The average molecular weight is 498 g/mol. The van der Waals surface area contributed by atoms with Crippen LogP contribution in [0.1, 0.15) is 35.4 Å². The number of aromatic nitrogens is 2. The smallest absolute Gasteiger partial charge is 0.264 e. The number of nitriles is 1. The number of nitrogens with one attached hydrogen (secondary N) is 1. The number of hydrogen-bond donors (Lipinski definition) is 1. The summed E-state index contributed by atoms with van der Waals surface area (Å²) >= 11 is 0. The van der Waals surface area contributed by atoms with E-state index in [0.717, 1.165) is 34.0 Å². The Bertz CT molecular complexity index is 1360. The Hall–Kier alpha value is -4.38. The summed E-state index contributed by atoms with van der Waals surface area (Å²) in [5, 5.41) is 12.7. The van der Waals surface area contributed by atoms with E-state index in [1.807, 2.05) is 57.2 Å². The van der Waals surface area contributed by atoms with Crippen molar-refractivity contribution in [1.29, 1.82) is 5.26 Å². The molecule has 0 radical (unpaired) electrons. The number of carbonyl (C=O) groups is 2. The first kappa shape index (κ1) is 25.7. The molecule has 0 unspecified atom stereocenters. The predicted molar refractivity (Wildman–Crippen MR) is 142 cm³/mol. The molecule has 1 aliphatic heterocycles. The molecular formula is C29H31N5O3. The van der Waals surface area contributed by atoms with Gasteiger partial charge in [0, 0.05) is 42.3 Å². The number of hydrogen-bond acceptors (Lipinski definition) is 5. The third-order valence-electron chi connectivity index (χ3n) is 6.77. The summed E-state index contributed by atoms with van der Waals surface area (Å²) in [5.74, 6) is 0.694. The average Bonchev–Trinajstić information content (AvgIpc) is 3.20. The van der Waals surface area contributed by atoms with E-state index in [-0.39, 0.29) is 23.3 Å². The first-order valence-corrected chi connectivity index (χ1v) is 12.3. The van der Waals surface area contributed by atoms with E-state index >= 15 is 0 Å². The number of rotatable bonds is 6. The van der Waals surface area contributed by atoms with E-state index in [1.54, 1.807) is 30.3 Å². The molecule has 37 heavy (non-hydrogen) atoms. The summed E-state index contributed by atoms with van der Waals surface area (Å²) in [6.45, 7) is 6.73. The molecule has 0 atom stereocenters. The molecule has 1 saturated heterocycles. The summed E-state index contributed by atoms with van der Waals surface area (Å²) in [4.78, 5) is 31.7. The molecule has 190 valence electrons. The van der Waals surface area contributed by atoms with Crippen LogP contribution in [0.3, 0.4) is 0 Å². The van der Waals surface area contributed by atoms with Crippen LogP contribution in [0, 0.1) is 38.0 Å². The van der Waals surface area contributed by atoms with E-state index < -0.39 is 0 Å². The van der Waals surface area contributed by atoms with Gasteiger partial charge in [0.15, 0.2) is 0 Å². The zero-order valence-electron chi connectivity index (χ0n) is 21.6. The number of pyridine rings is 1. The maximum atomic E-state index is 13.2. The van der Waals surface area contributed by atoms with Crippen LogP contribution in [-0.2, 0) is 9.59 Å². The van der Waals surface area contributed by atoms with E-state index in [0.29, 0.717) is 31.7 Å². The number of benzene rings is 1. The molecular weight excluding hydrogens is 466 g/mol. The molecule has 4 rings (SSSR count). The van der Waals surface area contributed by atoms with Crippen LogP contribution in [0.4, 0.5) is 5.82 Å². The molecule has 0 spiro atoms. The van der Waals surface area contributed by atoms with E-state index in [1.165, 1.54) is 0 Å². The summed E-state index contributed by atoms with van der Waals surface area (Å²) in [6, 6.07) is 15.5. The van der Waals surface area contributed by atoms with Gasteiger partial charge < -0.3 is 19.5 Å². The molecule has 1 N–H and O–H groups in total. The van der Waals surface area contributed by atoms with Crippen LogP contribution in [0.2, 0.25) is 0 Å². The lowest BCUT2D eigenvalue weighted by Crippen LogP contribution is -2.42. The van der Waals surface area contributed by atoms with Crippen molar-refractivity contribution in [2.24, 2.45) is 5.92 Å². The van der Waals surface area contributed by atoms with Crippen molar-refractivity contribution < 1.29 is 14.3 Å². The van der Waals surface area contributed by atoms with Gasteiger partial charge in [-0.2, -0.15) is 5.26 Å². The van der Waals surface area contributed by atoms with Gasteiger partial charge in [0.05, 0.1) is 7.11 Å². The Labute approximate surface area is 217 Å². The van der Waals surface area contributed by atoms with Crippen molar-refractivity contribution in [3.63, 3.8) is 0 Å². The van der Waals surface area contributed by atoms with Crippen LogP contribution in [0.25, 0.3) is 11.8 Å². The highest BCUT2D eigenvalue weighted by Gasteiger charge is 2.29. The monoisotopic (exact) mass is 497 g/mol. The van der Waals surface area contributed by atoms with Gasteiger partial charge in [-0.1, -0.05) is 6.07 Å². The molecule has 1 aliphatic rings. The summed E-state index contributed by atoms with van der Waals surface area (Å²) in [6.07, 6.45) is 4.44. The van der Waals surface area contributed by atoms with Crippen LogP contribution in [0.15, 0.2) is 54.2 Å². The standard InChI is InChI=1S/C29H31N5O3/c1-19-5-10-27(31-18-19)32-28(35)22-11-13-33(14-12-22)29(36)24(17-30)16-23-15-20(2)34(21(23)3)25-6-8-26(37-4)9-7-25/h5-10,15-16,18,22H,11-14H2,1-4H3,(H,31,32,35)/b24-16+. The van der Waals surface area contributed by atoms with Crippen molar-refractivity contribution >= 4 is 23.7 Å². The van der Waals surface area contributed by atoms with Gasteiger partial charge in [0.2, 0.25) is 5.91 Å². The third kappa shape index (κ3) is 5.72. The molecule has 2 aromatic heterocycles. The topological polar surface area (TPSA) is 100 Å². The minimum Gasteiger partial charge on any atom is -0.497 e. The van der Waals surface area contributed by atoms with Crippen molar-refractivity contribution in [1.82, 2.24) is 14.5 Å². The van der Waals surface area contributed by atoms with Crippen LogP contribution in [0.5, 0.6) is 5.75 Å². The molecule has 0 bridgehead atoms. The normalized spacial score (nSPS) is 14.2. The van der Waals surface area contributed by atoms with E-state index in [9.17, 15) is 14.9 Å². The lowest BCUT2D eigenvalue weighted by Gasteiger charge is -2.31. The number of ether oxygens (including phenoxy) is 1. The van der Waals surface area contributed by atoms with Crippen molar-refractivity contribution in [3.05, 3.63) is 76.7 Å². The molecule has 3 aromatic rings. The number of likely N-dealkylation sites (tertiary alicyclic amines) is 1. The fourth-order valence-corrected chi connectivity index (χ4v) is 4.64. The Kier molecular flexibility index (Phi) is 7.73. The number of amides is 2. The number of anilines is 1. The molecule has 0 aliphatic carbocycles. The van der Waals surface area contributed by atoms with Gasteiger partial charge in [-0.15, -0.1) is 0 Å². The zero-order valence-corrected chi connectivity index (χ0v) is 21.6. The van der Waals surface area contributed by atoms with E-state index in [2.05, 4.69) is 20.9 Å². The highest BCUT2D eigenvalue weighted by molar-refractivity contribution is 6.02. The molecule has 1 fully saturated rings. The highest BCUT2D eigenvalue weighted by atomic mass is 16.5. The quantitative estimate of drug-likeness (QED) is 0.397. The molecule has 3 heterocycles. The molecule has 8 heteroatoms. The molecule has 1 aromatic carbocycles. The summed E-state index contributed by atoms with van der Waals surface area (Å²) in [5.41, 5.74) is 4.83. The lowest BCUT2D eigenvalue weighted by molar-refractivity contribution is -0.130. The summed E-state index contributed by atoms with van der Waals surface area (Å²) < 4.78 is 7.33. The van der Waals surface area contributed by atoms with Gasteiger partial charge in [0.25, 0.3) is 5.91 Å². The summed E-state index contributed by atoms with van der Waals surface area (Å²) in [7, 11) is 1.63. The second-order valence-electron chi connectivity index (χ2n) is 9.31. The van der Waals surface area contributed by atoms with Gasteiger partial charge in [-0.25, -0.2) is 4.98 Å². The third-order valence-corrected chi connectivity index (χ3v) is 6.77. The van der Waals surface area contributed by atoms with Gasteiger partial charge in [-0.05, 0) is 87.2 Å². The number of aryl methyl sites for hydroxylation is 2. The van der Waals surface area contributed by atoms with Crippen molar-refractivity contribution in [2.75, 3.05) is 25.5 Å². The minimum absolute atomic E-state index is 0.0849. The van der Waals surface area contributed by atoms with Gasteiger partial charge >= 0.3 is 0 Å². The zero-order chi connectivity index (χ0) is 26.5. The maximum absolute atomic E-state index is 13.2. The largest absolute Gasteiger partial charge is 0.497 e. The van der Waals surface area contributed by atoms with Crippen molar-refractivity contribution in [2.45, 2.75) is 33.6 Å². The van der Waals surface area contributed by atoms with Crippen molar-refractivity contribution in [3.8, 4) is 17.5 Å². The fraction of sp³-hybridized carbons (Fsp3) is 0.310. The Morgan fingerprint density at radius 3 is 2.41 bits per heavy atom. The number of piperidine rings is 1. The highest BCUT2D eigenvalue weighted by Crippen LogP contribution is 2.26. The Morgan fingerprint density at radius 2 is 1.81 bits per heavy atom.